The molecule has 3 aromatic rings. The maximum absolute atomic E-state index is 13.0. The van der Waals surface area contributed by atoms with Crippen molar-refractivity contribution in [3.63, 3.8) is 0 Å². The summed E-state index contributed by atoms with van der Waals surface area (Å²) in [6.07, 6.45) is 4.18. The van der Waals surface area contributed by atoms with Gasteiger partial charge in [-0.1, -0.05) is 18.2 Å². The van der Waals surface area contributed by atoms with Crippen LogP contribution in [-0.4, -0.2) is 44.0 Å². The lowest BCUT2D eigenvalue weighted by molar-refractivity contribution is -0.133. The van der Waals surface area contributed by atoms with Crippen molar-refractivity contribution in [3.8, 4) is 5.69 Å². The van der Waals surface area contributed by atoms with Gasteiger partial charge in [-0.25, -0.2) is 9.78 Å². The van der Waals surface area contributed by atoms with Crippen LogP contribution in [0.1, 0.15) is 46.6 Å². The second-order valence-corrected chi connectivity index (χ2v) is 8.86. The Morgan fingerprint density at radius 3 is 2.77 bits per heavy atom. The van der Waals surface area contributed by atoms with E-state index in [4.69, 9.17) is 0 Å². The Morgan fingerprint density at radius 2 is 2.00 bits per heavy atom. The first-order valence-corrected chi connectivity index (χ1v) is 11.5. The number of fused-ring (bicyclic) bond motifs is 1. The minimum absolute atomic E-state index is 0.0642. The normalized spacial score (nSPS) is 17.5. The number of nitrogens with zero attached hydrogens (tertiary/aromatic N) is 3. The zero-order valence-electron chi connectivity index (χ0n) is 19.3. The minimum Gasteiger partial charge on any atom is -0.334 e. The van der Waals surface area contributed by atoms with Crippen molar-refractivity contribution in [3.05, 3.63) is 77.4 Å². The Hall–Kier alpha value is -4.27. The largest absolute Gasteiger partial charge is 0.334 e. The summed E-state index contributed by atoms with van der Waals surface area (Å²) in [4.78, 5) is 55.1. The van der Waals surface area contributed by atoms with Gasteiger partial charge in [0.1, 0.15) is 11.6 Å². The van der Waals surface area contributed by atoms with Crippen LogP contribution in [0.4, 0.5) is 10.5 Å². The van der Waals surface area contributed by atoms with Crippen LogP contribution >= 0.6 is 0 Å². The van der Waals surface area contributed by atoms with Crippen LogP contribution in [0.3, 0.4) is 0 Å². The average molecular weight is 472 g/mol. The number of anilines is 1. The first kappa shape index (κ1) is 22.5. The number of carbonyl (C=O) groups is 4. The van der Waals surface area contributed by atoms with Crippen LogP contribution in [0.2, 0.25) is 0 Å². The maximum atomic E-state index is 13.0. The van der Waals surface area contributed by atoms with E-state index in [0.717, 1.165) is 22.6 Å². The number of aryl methyl sites for hydroxylation is 1. The Kier molecular flexibility index (Phi) is 5.90. The van der Waals surface area contributed by atoms with Crippen molar-refractivity contribution in [1.29, 1.82) is 0 Å². The number of carbonyl (C=O) groups excluding carboxylic acids is 4. The maximum Gasteiger partial charge on any atom is 0.319 e. The molecule has 2 heterocycles. The van der Waals surface area contributed by atoms with Gasteiger partial charge in [0.2, 0.25) is 0 Å². The van der Waals surface area contributed by atoms with Crippen LogP contribution in [-0.2, 0) is 22.7 Å². The summed E-state index contributed by atoms with van der Waals surface area (Å²) < 4.78 is 1.92. The molecule has 1 atom stereocenters. The highest BCUT2D eigenvalue weighted by Gasteiger charge is 2.38. The lowest BCUT2D eigenvalue weighted by atomic mass is 9.92. The number of nitrogens with one attached hydrogen (secondary N) is 2. The molecule has 0 radical (unpaired) electrons. The van der Waals surface area contributed by atoms with Gasteiger partial charge in [-0.05, 0) is 48.7 Å². The molecule has 0 saturated heterocycles. The van der Waals surface area contributed by atoms with Crippen molar-refractivity contribution in [1.82, 2.24) is 19.8 Å². The SMILES string of the molecule is Cc1nccn1-c1cccc(NC(=O)NCc2ccc3c(c2)C(=O)N(C2CCC(=O)CC2=O)C3)c1. The second-order valence-electron chi connectivity index (χ2n) is 8.86. The predicted octanol–water partition coefficient (Wildman–Crippen LogP) is 3.15. The summed E-state index contributed by atoms with van der Waals surface area (Å²) in [5, 5.41) is 5.65. The van der Waals surface area contributed by atoms with E-state index in [0.29, 0.717) is 30.6 Å². The Bertz CT molecular complexity index is 1350. The molecular formula is C26H25N5O4. The third-order valence-electron chi connectivity index (χ3n) is 6.48. The van der Waals surface area contributed by atoms with Crippen molar-refractivity contribution >= 4 is 29.2 Å². The molecule has 35 heavy (non-hydrogen) atoms. The molecule has 1 aliphatic heterocycles. The van der Waals surface area contributed by atoms with E-state index in [9.17, 15) is 19.2 Å². The van der Waals surface area contributed by atoms with Crippen LogP contribution < -0.4 is 10.6 Å². The van der Waals surface area contributed by atoms with Gasteiger partial charge < -0.3 is 20.1 Å². The summed E-state index contributed by atoms with van der Waals surface area (Å²) in [6, 6.07) is 12.0. The number of aromatic nitrogens is 2. The number of hydrogen-bond acceptors (Lipinski definition) is 5. The smallest absolute Gasteiger partial charge is 0.319 e. The molecule has 2 aromatic carbocycles. The van der Waals surface area contributed by atoms with Crippen molar-refractivity contribution < 1.29 is 19.2 Å². The molecule has 1 aliphatic carbocycles. The molecule has 2 aliphatic rings. The molecule has 1 aromatic heterocycles. The molecular weight excluding hydrogens is 446 g/mol. The van der Waals surface area contributed by atoms with E-state index >= 15 is 0 Å². The third-order valence-corrected chi connectivity index (χ3v) is 6.48. The summed E-state index contributed by atoms with van der Waals surface area (Å²) in [5.74, 6) is 0.391. The number of benzene rings is 2. The number of Topliss-reactive ketones (excluding diaryl/α,β-unsaturated/α-hetero) is 2. The molecule has 5 rings (SSSR count). The fraction of sp³-hybridized carbons (Fsp3) is 0.269. The Balaban J connectivity index is 1.21. The number of rotatable bonds is 5. The average Bonchev–Trinajstić information content (AvgIpc) is 3.41. The minimum atomic E-state index is -0.540. The Morgan fingerprint density at radius 1 is 1.14 bits per heavy atom. The van der Waals surface area contributed by atoms with Gasteiger partial charge in [-0.3, -0.25) is 14.4 Å². The van der Waals surface area contributed by atoms with Gasteiger partial charge in [-0.15, -0.1) is 0 Å². The fourth-order valence-electron chi connectivity index (χ4n) is 4.66. The number of ketones is 2. The lowest BCUT2D eigenvalue weighted by Crippen LogP contribution is -2.44. The van der Waals surface area contributed by atoms with Gasteiger partial charge in [0.25, 0.3) is 5.91 Å². The first-order chi connectivity index (χ1) is 16.9. The number of hydrogen-bond donors (Lipinski definition) is 2. The van der Waals surface area contributed by atoms with E-state index in [1.165, 1.54) is 0 Å². The molecule has 0 bridgehead atoms. The summed E-state index contributed by atoms with van der Waals surface area (Å²) >= 11 is 0. The lowest BCUT2D eigenvalue weighted by Gasteiger charge is -2.29. The molecule has 1 fully saturated rings. The van der Waals surface area contributed by atoms with Crippen LogP contribution in [0.25, 0.3) is 5.69 Å². The van der Waals surface area contributed by atoms with E-state index in [-0.39, 0.29) is 36.5 Å². The molecule has 1 saturated carbocycles. The summed E-state index contributed by atoms with van der Waals surface area (Å²) in [7, 11) is 0. The Labute approximate surface area is 202 Å². The number of urea groups is 1. The van der Waals surface area contributed by atoms with Gasteiger partial charge >= 0.3 is 6.03 Å². The zero-order chi connectivity index (χ0) is 24.5. The van der Waals surface area contributed by atoms with Crippen LogP contribution in [0.15, 0.2) is 54.9 Å². The van der Waals surface area contributed by atoms with E-state index in [2.05, 4.69) is 15.6 Å². The summed E-state index contributed by atoms with van der Waals surface area (Å²) in [6.45, 7) is 2.50. The molecule has 9 nitrogen and oxygen atoms in total. The highest BCUT2D eigenvalue weighted by atomic mass is 16.2. The highest BCUT2D eigenvalue weighted by Crippen LogP contribution is 2.29. The third kappa shape index (κ3) is 4.57. The zero-order valence-corrected chi connectivity index (χ0v) is 19.3. The molecule has 178 valence electrons. The van der Waals surface area contributed by atoms with Gasteiger partial charge in [0.15, 0.2) is 5.78 Å². The van der Waals surface area contributed by atoms with Crippen molar-refractivity contribution in [2.75, 3.05) is 5.32 Å². The van der Waals surface area contributed by atoms with Crippen molar-refractivity contribution in [2.45, 2.75) is 45.3 Å². The fourth-order valence-corrected chi connectivity index (χ4v) is 4.66. The molecule has 9 heteroatoms. The monoisotopic (exact) mass is 471 g/mol. The number of imidazole rings is 1. The van der Waals surface area contributed by atoms with E-state index in [1.54, 1.807) is 23.2 Å². The molecule has 0 spiro atoms. The standard InChI is InChI=1S/C26H25N5O4/c1-16-27-9-10-30(16)20-4-2-3-19(12-20)29-26(35)28-14-17-5-6-18-15-31(25(34)22(18)11-17)23-8-7-21(32)13-24(23)33/h2-6,9-12,23H,7-8,13-15H2,1H3,(H2,28,29,35). The molecule has 3 amide bonds. The highest BCUT2D eigenvalue weighted by molar-refractivity contribution is 6.07. The summed E-state index contributed by atoms with van der Waals surface area (Å²) in [5.41, 5.74) is 3.70. The quantitative estimate of drug-likeness (QED) is 0.555. The van der Waals surface area contributed by atoms with Crippen molar-refractivity contribution in [2.24, 2.45) is 0 Å². The van der Waals surface area contributed by atoms with E-state index < -0.39 is 6.04 Å². The second kappa shape index (κ2) is 9.17. The van der Waals surface area contributed by atoms with Gasteiger partial charge in [-0.2, -0.15) is 0 Å². The van der Waals surface area contributed by atoms with Crippen LogP contribution in [0, 0.1) is 6.92 Å². The molecule has 2 N–H and O–H groups in total. The van der Waals surface area contributed by atoms with Gasteiger partial charge in [0, 0.05) is 48.8 Å². The predicted molar refractivity (Wildman–Crippen MR) is 128 cm³/mol. The first-order valence-electron chi connectivity index (χ1n) is 11.5. The topological polar surface area (TPSA) is 113 Å². The van der Waals surface area contributed by atoms with Crippen LogP contribution in [0.5, 0.6) is 0 Å². The molecule has 1 unspecified atom stereocenters. The van der Waals surface area contributed by atoms with E-state index in [1.807, 2.05) is 48.0 Å². The number of amides is 3. The van der Waals surface area contributed by atoms with Gasteiger partial charge in [0.05, 0.1) is 12.5 Å².